The molecular weight excluding hydrogens is 162 g/mol. The molecule has 0 amide bonds. The van der Waals surface area contributed by atoms with Crippen LogP contribution in [0.4, 0.5) is 0 Å². The number of nitrogens with two attached hydrogens (primary N) is 1. The topological polar surface area (TPSA) is 89.6 Å². The van der Waals surface area contributed by atoms with Crippen molar-refractivity contribution in [2.75, 3.05) is 6.54 Å². The fraction of sp³-hybridized carbons (Fsp3) is 0.714. The number of carbonyl (C=O) groups is 2. The molecule has 70 valence electrons. The number of rotatable bonds is 5. The zero-order chi connectivity index (χ0) is 9.56. The van der Waals surface area contributed by atoms with Crippen LogP contribution in [0.3, 0.4) is 0 Å². The highest BCUT2D eigenvalue weighted by Gasteiger charge is 2.19. The SMILES string of the molecule is CCCC(OC(=O)CN)C(=O)O. The van der Waals surface area contributed by atoms with Gasteiger partial charge in [-0.1, -0.05) is 13.3 Å². The van der Waals surface area contributed by atoms with E-state index in [1.807, 2.05) is 6.92 Å². The minimum Gasteiger partial charge on any atom is -0.479 e. The average Bonchev–Trinajstić information content (AvgIpc) is 2.03. The summed E-state index contributed by atoms with van der Waals surface area (Å²) in [6, 6.07) is 0. The maximum Gasteiger partial charge on any atom is 0.345 e. The van der Waals surface area contributed by atoms with Crippen molar-refractivity contribution in [3.63, 3.8) is 0 Å². The molecule has 0 heterocycles. The van der Waals surface area contributed by atoms with E-state index in [0.717, 1.165) is 0 Å². The molecule has 5 heteroatoms. The van der Waals surface area contributed by atoms with Crippen LogP contribution in [0.25, 0.3) is 0 Å². The van der Waals surface area contributed by atoms with Crippen molar-refractivity contribution in [2.45, 2.75) is 25.9 Å². The van der Waals surface area contributed by atoms with Crippen LogP contribution in [0.2, 0.25) is 0 Å². The first-order chi connectivity index (χ1) is 5.61. The van der Waals surface area contributed by atoms with Gasteiger partial charge in [-0.25, -0.2) is 4.79 Å². The lowest BCUT2D eigenvalue weighted by Crippen LogP contribution is -2.30. The number of hydrogen-bond acceptors (Lipinski definition) is 4. The summed E-state index contributed by atoms with van der Waals surface area (Å²) in [7, 11) is 0. The molecule has 0 saturated heterocycles. The minimum absolute atomic E-state index is 0.284. The summed E-state index contributed by atoms with van der Waals surface area (Å²) in [5.74, 6) is -1.81. The van der Waals surface area contributed by atoms with Gasteiger partial charge >= 0.3 is 11.9 Å². The van der Waals surface area contributed by atoms with Gasteiger partial charge in [0, 0.05) is 0 Å². The van der Waals surface area contributed by atoms with Gasteiger partial charge in [0.15, 0.2) is 6.10 Å². The van der Waals surface area contributed by atoms with Crippen molar-refractivity contribution in [3.05, 3.63) is 0 Å². The predicted octanol–water partition coefficient (Wildman–Crippen LogP) is -0.258. The second-order valence-corrected chi connectivity index (χ2v) is 2.31. The lowest BCUT2D eigenvalue weighted by atomic mass is 10.2. The summed E-state index contributed by atoms with van der Waals surface area (Å²) in [5, 5.41) is 8.53. The van der Waals surface area contributed by atoms with E-state index in [-0.39, 0.29) is 6.54 Å². The van der Waals surface area contributed by atoms with Crippen LogP contribution in [0.1, 0.15) is 19.8 Å². The smallest absolute Gasteiger partial charge is 0.345 e. The fourth-order valence-electron chi connectivity index (χ4n) is 0.702. The molecule has 0 spiro atoms. The van der Waals surface area contributed by atoms with Gasteiger partial charge in [0.2, 0.25) is 0 Å². The van der Waals surface area contributed by atoms with Gasteiger partial charge in [-0.3, -0.25) is 4.79 Å². The lowest BCUT2D eigenvalue weighted by molar-refractivity contribution is -0.163. The van der Waals surface area contributed by atoms with Crippen LogP contribution in [-0.2, 0) is 14.3 Å². The van der Waals surface area contributed by atoms with E-state index in [4.69, 9.17) is 10.8 Å². The van der Waals surface area contributed by atoms with Crippen molar-refractivity contribution < 1.29 is 19.4 Å². The third kappa shape index (κ3) is 3.92. The molecule has 3 N–H and O–H groups in total. The normalized spacial score (nSPS) is 12.2. The Morgan fingerprint density at radius 3 is 2.50 bits per heavy atom. The van der Waals surface area contributed by atoms with Crippen LogP contribution < -0.4 is 5.73 Å². The van der Waals surface area contributed by atoms with Gasteiger partial charge in [-0.05, 0) is 6.42 Å². The number of esters is 1. The molecule has 5 nitrogen and oxygen atoms in total. The number of aliphatic carboxylic acids is 1. The van der Waals surface area contributed by atoms with Crippen molar-refractivity contribution in [3.8, 4) is 0 Å². The zero-order valence-electron chi connectivity index (χ0n) is 6.95. The van der Waals surface area contributed by atoms with Gasteiger partial charge in [0.1, 0.15) is 0 Å². The van der Waals surface area contributed by atoms with Gasteiger partial charge < -0.3 is 15.6 Å². The quantitative estimate of drug-likeness (QED) is 0.562. The first-order valence-corrected chi connectivity index (χ1v) is 3.74. The van der Waals surface area contributed by atoms with E-state index in [2.05, 4.69) is 4.74 Å². The molecule has 0 aromatic heterocycles. The summed E-state index contributed by atoms with van der Waals surface area (Å²) in [6.07, 6.45) is -0.0818. The molecule has 0 fully saturated rings. The monoisotopic (exact) mass is 175 g/mol. The highest BCUT2D eigenvalue weighted by atomic mass is 16.6. The molecule has 0 aliphatic carbocycles. The maximum absolute atomic E-state index is 10.6. The predicted molar refractivity (Wildman–Crippen MR) is 41.5 cm³/mol. The molecule has 0 aliphatic rings. The fourth-order valence-corrected chi connectivity index (χ4v) is 0.702. The molecular formula is C7H13NO4. The highest BCUT2D eigenvalue weighted by molar-refractivity contribution is 5.78. The Hall–Kier alpha value is -1.10. The van der Waals surface area contributed by atoms with Gasteiger partial charge in [0.05, 0.1) is 6.54 Å². The number of carboxylic acids is 1. The number of hydrogen-bond donors (Lipinski definition) is 2. The molecule has 0 aliphatic heterocycles. The Morgan fingerprint density at radius 2 is 2.17 bits per heavy atom. The molecule has 0 saturated carbocycles. The van der Waals surface area contributed by atoms with E-state index in [0.29, 0.717) is 12.8 Å². The molecule has 1 atom stereocenters. The van der Waals surface area contributed by atoms with Crippen molar-refractivity contribution in [1.29, 1.82) is 0 Å². The van der Waals surface area contributed by atoms with Crippen molar-refractivity contribution in [1.82, 2.24) is 0 Å². The second kappa shape index (κ2) is 5.54. The summed E-state index contributed by atoms with van der Waals surface area (Å²) >= 11 is 0. The van der Waals surface area contributed by atoms with E-state index in [1.165, 1.54) is 0 Å². The summed E-state index contributed by atoms with van der Waals surface area (Å²) < 4.78 is 4.54. The standard InChI is InChI=1S/C7H13NO4/c1-2-3-5(7(10)11)12-6(9)4-8/h5H,2-4,8H2,1H3,(H,10,11). The van der Waals surface area contributed by atoms with E-state index < -0.39 is 18.0 Å². The first-order valence-electron chi connectivity index (χ1n) is 3.74. The Labute approximate surface area is 70.5 Å². The lowest BCUT2D eigenvalue weighted by Gasteiger charge is -2.11. The second-order valence-electron chi connectivity index (χ2n) is 2.31. The molecule has 12 heavy (non-hydrogen) atoms. The molecule has 0 radical (unpaired) electrons. The molecule has 0 bridgehead atoms. The summed E-state index contributed by atoms with van der Waals surface area (Å²) in [5.41, 5.74) is 4.95. The van der Waals surface area contributed by atoms with E-state index in [1.54, 1.807) is 0 Å². The van der Waals surface area contributed by atoms with Gasteiger partial charge in [-0.15, -0.1) is 0 Å². The van der Waals surface area contributed by atoms with Crippen LogP contribution in [0, 0.1) is 0 Å². The van der Waals surface area contributed by atoms with Crippen LogP contribution in [-0.4, -0.2) is 29.7 Å². The molecule has 0 aromatic carbocycles. The highest BCUT2D eigenvalue weighted by Crippen LogP contribution is 2.02. The largest absolute Gasteiger partial charge is 0.479 e. The number of carboxylic acid groups (broad SMARTS) is 1. The van der Waals surface area contributed by atoms with Crippen LogP contribution >= 0.6 is 0 Å². The molecule has 1 unspecified atom stereocenters. The maximum atomic E-state index is 10.6. The van der Waals surface area contributed by atoms with Crippen molar-refractivity contribution >= 4 is 11.9 Å². The Kier molecular flexibility index (Phi) is 5.03. The summed E-state index contributed by atoms with van der Waals surface area (Å²) in [6.45, 7) is 1.53. The average molecular weight is 175 g/mol. The Bertz CT molecular complexity index is 167. The third-order valence-corrected chi connectivity index (χ3v) is 1.27. The van der Waals surface area contributed by atoms with Crippen molar-refractivity contribution in [2.24, 2.45) is 5.73 Å². The molecule has 0 rings (SSSR count). The number of carbonyl (C=O) groups excluding carboxylic acids is 1. The van der Waals surface area contributed by atoms with Crippen LogP contribution in [0.15, 0.2) is 0 Å². The van der Waals surface area contributed by atoms with E-state index in [9.17, 15) is 9.59 Å². The zero-order valence-corrected chi connectivity index (χ0v) is 6.95. The van der Waals surface area contributed by atoms with Gasteiger partial charge in [-0.2, -0.15) is 0 Å². The van der Waals surface area contributed by atoms with Gasteiger partial charge in [0.25, 0.3) is 0 Å². The van der Waals surface area contributed by atoms with E-state index >= 15 is 0 Å². The Balaban J connectivity index is 3.95. The molecule has 0 aromatic rings. The first kappa shape index (κ1) is 10.9. The number of ether oxygens (including phenoxy) is 1. The Morgan fingerprint density at radius 1 is 1.58 bits per heavy atom. The third-order valence-electron chi connectivity index (χ3n) is 1.27. The summed E-state index contributed by atoms with van der Waals surface area (Å²) in [4.78, 5) is 21.0. The van der Waals surface area contributed by atoms with Crippen LogP contribution in [0.5, 0.6) is 0 Å². The minimum atomic E-state index is -1.13.